The predicted molar refractivity (Wildman–Crippen MR) is 140 cm³/mol. The highest BCUT2D eigenvalue weighted by atomic mass is 35.5. The average Bonchev–Trinajstić information content (AvgIpc) is 3.27. The number of nitrogens with zero attached hydrogens (tertiary/aromatic N) is 2. The lowest BCUT2D eigenvalue weighted by Gasteiger charge is -2.32. The molecular formula is C26H34ClN3O4S. The van der Waals surface area contributed by atoms with Crippen molar-refractivity contribution in [3.8, 4) is 0 Å². The van der Waals surface area contributed by atoms with Gasteiger partial charge in [-0.1, -0.05) is 48.7 Å². The molecule has 190 valence electrons. The highest BCUT2D eigenvalue weighted by Gasteiger charge is 2.31. The molecule has 0 bridgehead atoms. The summed E-state index contributed by atoms with van der Waals surface area (Å²) in [5.74, 6) is -0.738. The van der Waals surface area contributed by atoms with Gasteiger partial charge in [-0.2, -0.15) is 0 Å². The van der Waals surface area contributed by atoms with Gasteiger partial charge < -0.3 is 10.2 Å². The molecule has 1 N–H and O–H groups in total. The third kappa shape index (κ3) is 7.21. The third-order valence-electron chi connectivity index (χ3n) is 6.34. The fourth-order valence-electron chi connectivity index (χ4n) is 4.49. The van der Waals surface area contributed by atoms with Gasteiger partial charge in [0.15, 0.2) is 0 Å². The number of anilines is 1. The van der Waals surface area contributed by atoms with Crippen molar-refractivity contribution in [2.75, 3.05) is 17.1 Å². The molecule has 2 aromatic rings. The summed E-state index contributed by atoms with van der Waals surface area (Å²) in [7, 11) is -3.77. The van der Waals surface area contributed by atoms with Gasteiger partial charge in [-0.25, -0.2) is 8.42 Å². The van der Waals surface area contributed by atoms with Crippen LogP contribution in [-0.4, -0.2) is 50.0 Å². The van der Waals surface area contributed by atoms with Crippen molar-refractivity contribution < 1.29 is 18.0 Å². The molecular weight excluding hydrogens is 486 g/mol. The van der Waals surface area contributed by atoms with Gasteiger partial charge in [-0.3, -0.25) is 13.9 Å². The molecule has 0 saturated heterocycles. The van der Waals surface area contributed by atoms with Gasteiger partial charge in [0.2, 0.25) is 21.8 Å². The zero-order valence-electron chi connectivity index (χ0n) is 20.8. The minimum atomic E-state index is -3.77. The Labute approximate surface area is 213 Å². The van der Waals surface area contributed by atoms with E-state index in [0.29, 0.717) is 16.3 Å². The van der Waals surface area contributed by atoms with E-state index < -0.39 is 28.5 Å². The number of halogens is 1. The van der Waals surface area contributed by atoms with Crippen molar-refractivity contribution in [2.45, 2.75) is 65.1 Å². The second kappa shape index (κ2) is 11.4. The van der Waals surface area contributed by atoms with E-state index in [4.69, 9.17) is 11.6 Å². The molecule has 0 heterocycles. The Morgan fingerprint density at radius 3 is 2.26 bits per heavy atom. The highest BCUT2D eigenvalue weighted by molar-refractivity contribution is 7.92. The molecule has 1 atom stereocenters. The fourth-order valence-corrected chi connectivity index (χ4v) is 5.52. The molecule has 1 saturated carbocycles. The molecule has 7 nitrogen and oxygen atoms in total. The Balaban J connectivity index is 1.91. The maximum atomic E-state index is 13.6. The number of aryl methyl sites for hydroxylation is 2. The largest absolute Gasteiger partial charge is 0.352 e. The number of amides is 2. The Kier molecular flexibility index (Phi) is 8.83. The monoisotopic (exact) mass is 519 g/mol. The summed E-state index contributed by atoms with van der Waals surface area (Å²) in [6, 6.07) is 11.8. The first-order chi connectivity index (χ1) is 16.5. The zero-order chi connectivity index (χ0) is 25.8. The Bertz CT molecular complexity index is 1160. The van der Waals surface area contributed by atoms with Crippen molar-refractivity contribution in [1.29, 1.82) is 0 Å². The second-order valence-electron chi connectivity index (χ2n) is 9.39. The van der Waals surface area contributed by atoms with Gasteiger partial charge in [0, 0.05) is 17.6 Å². The molecule has 1 aliphatic rings. The molecule has 1 aliphatic carbocycles. The van der Waals surface area contributed by atoms with E-state index in [-0.39, 0.29) is 18.5 Å². The molecule has 0 aliphatic heterocycles. The van der Waals surface area contributed by atoms with Gasteiger partial charge in [0.25, 0.3) is 0 Å². The summed E-state index contributed by atoms with van der Waals surface area (Å²) >= 11 is 6.36. The first kappa shape index (κ1) is 27.0. The van der Waals surface area contributed by atoms with Gasteiger partial charge in [0.1, 0.15) is 12.6 Å². The maximum absolute atomic E-state index is 13.6. The van der Waals surface area contributed by atoms with Gasteiger partial charge in [-0.15, -0.1) is 0 Å². The lowest BCUT2D eigenvalue weighted by atomic mass is 10.1. The van der Waals surface area contributed by atoms with E-state index in [1.807, 2.05) is 26.0 Å². The predicted octanol–water partition coefficient (Wildman–Crippen LogP) is 4.20. The average molecular weight is 520 g/mol. The number of carbonyl (C=O) groups excluding carboxylic acids is 2. The van der Waals surface area contributed by atoms with Crippen LogP contribution < -0.4 is 9.62 Å². The number of carbonyl (C=O) groups is 2. The van der Waals surface area contributed by atoms with Gasteiger partial charge >= 0.3 is 0 Å². The third-order valence-corrected chi connectivity index (χ3v) is 7.85. The van der Waals surface area contributed by atoms with Crippen molar-refractivity contribution >= 4 is 39.1 Å². The van der Waals surface area contributed by atoms with Crippen LogP contribution in [0.3, 0.4) is 0 Å². The molecule has 1 fully saturated rings. The summed E-state index contributed by atoms with van der Waals surface area (Å²) in [6.45, 7) is 5.08. The van der Waals surface area contributed by atoms with Gasteiger partial charge in [0.05, 0.1) is 11.9 Å². The lowest BCUT2D eigenvalue weighted by Crippen LogP contribution is -2.52. The number of hydrogen-bond acceptors (Lipinski definition) is 4. The second-order valence-corrected chi connectivity index (χ2v) is 11.7. The number of benzene rings is 2. The number of nitrogens with one attached hydrogen (secondary N) is 1. The molecule has 0 aromatic heterocycles. The Hall–Kier alpha value is -2.58. The summed E-state index contributed by atoms with van der Waals surface area (Å²) in [5.41, 5.74) is 2.87. The maximum Gasteiger partial charge on any atom is 0.244 e. The van der Waals surface area contributed by atoms with Crippen LogP contribution in [0.1, 0.15) is 49.3 Å². The van der Waals surface area contributed by atoms with E-state index in [1.54, 1.807) is 37.3 Å². The van der Waals surface area contributed by atoms with Crippen molar-refractivity contribution in [1.82, 2.24) is 10.2 Å². The number of sulfonamides is 1. The first-order valence-electron chi connectivity index (χ1n) is 11.8. The van der Waals surface area contributed by atoms with Crippen molar-refractivity contribution in [3.05, 3.63) is 64.2 Å². The molecule has 0 spiro atoms. The molecule has 0 radical (unpaired) electrons. The quantitative estimate of drug-likeness (QED) is 0.538. The van der Waals surface area contributed by atoms with Crippen LogP contribution in [-0.2, 0) is 26.2 Å². The van der Waals surface area contributed by atoms with E-state index in [1.165, 1.54) is 4.90 Å². The molecule has 35 heavy (non-hydrogen) atoms. The van der Waals surface area contributed by atoms with Crippen LogP contribution >= 0.6 is 11.6 Å². The molecule has 2 aromatic carbocycles. The van der Waals surface area contributed by atoms with E-state index >= 15 is 0 Å². The molecule has 2 amide bonds. The van der Waals surface area contributed by atoms with Crippen LogP contribution in [0.15, 0.2) is 42.5 Å². The topological polar surface area (TPSA) is 86.8 Å². The van der Waals surface area contributed by atoms with E-state index in [2.05, 4.69) is 5.32 Å². The molecule has 9 heteroatoms. The van der Waals surface area contributed by atoms with Crippen LogP contribution in [0.5, 0.6) is 0 Å². The summed E-state index contributed by atoms with van der Waals surface area (Å²) < 4.78 is 26.5. The van der Waals surface area contributed by atoms with E-state index in [0.717, 1.165) is 47.4 Å². The minimum absolute atomic E-state index is 0.0855. The van der Waals surface area contributed by atoms with E-state index in [9.17, 15) is 18.0 Å². The minimum Gasteiger partial charge on any atom is -0.352 e. The summed E-state index contributed by atoms with van der Waals surface area (Å²) in [6.07, 6.45) is 5.06. The lowest BCUT2D eigenvalue weighted by molar-refractivity contribution is -0.139. The first-order valence-corrected chi connectivity index (χ1v) is 14.1. The normalized spacial score (nSPS) is 15.0. The summed E-state index contributed by atoms with van der Waals surface area (Å²) in [5, 5.41) is 3.52. The summed E-state index contributed by atoms with van der Waals surface area (Å²) in [4.78, 5) is 28.1. The van der Waals surface area contributed by atoms with Crippen molar-refractivity contribution in [3.63, 3.8) is 0 Å². The smallest absolute Gasteiger partial charge is 0.244 e. The van der Waals surface area contributed by atoms with Crippen LogP contribution in [0.4, 0.5) is 5.69 Å². The Morgan fingerprint density at radius 2 is 1.69 bits per heavy atom. The number of hydrogen-bond donors (Lipinski definition) is 1. The SMILES string of the molecule is Cc1cc(C)cc(N(CC(=O)N(Cc2ccccc2Cl)C(C)C(=O)NC2CCCC2)S(C)(=O)=O)c1. The van der Waals surface area contributed by atoms with Gasteiger partial charge in [-0.05, 0) is 68.5 Å². The van der Waals surface area contributed by atoms with Crippen molar-refractivity contribution in [2.24, 2.45) is 0 Å². The molecule has 3 rings (SSSR count). The molecule has 1 unspecified atom stereocenters. The fraction of sp³-hybridized carbons (Fsp3) is 0.462. The number of rotatable bonds is 9. The van der Waals surface area contributed by atoms with Crippen LogP contribution in [0.25, 0.3) is 0 Å². The standard InChI is InChI=1S/C26H34ClN3O4S/c1-18-13-19(2)15-23(14-18)30(35(4,33)34)17-25(31)29(16-21-9-5-8-12-24(21)27)20(3)26(32)28-22-10-6-7-11-22/h5,8-9,12-15,20,22H,6-7,10-11,16-17H2,1-4H3,(H,28,32). The van der Waals surface area contributed by atoms with Crippen LogP contribution in [0, 0.1) is 13.8 Å². The Morgan fingerprint density at radius 1 is 1.09 bits per heavy atom. The highest BCUT2D eigenvalue weighted by Crippen LogP contribution is 2.24. The zero-order valence-corrected chi connectivity index (χ0v) is 22.3. The van der Waals surface area contributed by atoms with Crippen LogP contribution in [0.2, 0.25) is 5.02 Å².